The van der Waals surface area contributed by atoms with Gasteiger partial charge in [0.1, 0.15) is 17.4 Å². The highest BCUT2D eigenvalue weighted by Gasteiger charge is 2.14. The quantitative estimate of drug-likeness (QED) is 0.234. The van der Waals surface area contributed by atoms with E-state index in [-0.39, 0.29) is 18.1 Å². The summed E-state index contributed by atoms with van der Waals surface area (Å²) in [7, 11) is 0. The van der Waals surface area contributed by atoms with Gasteiger partial charge in [-0.15, -0.1) is 0 Å². The predicted molar refractivity (Wildman–Crippen MR) is 145 cm³/mol. The summed E-state index contributed by atoms with van der Waals surface area (Å²) in [6, 6.07) is 18.4. The monoisotopic (exact) mass is 595 g/mol. The molecule has 3 aromatic carbocycles. The molecule has 8 heteroatoms. The summed E-state index contributed by atoms with van der Waals surface area (Å²) < 4.78 is 6.84. The normalized spacial score (nSPS) is 10.9. The van der Waals surface area contributed by atoms with E-state index in [9.17, 15) is 14.9 Å². The van der Waals surface area contributed by atoms with Gasteiger partial charge in [0.2, 0.25) is 0 Å². The summed E-state index contributed by atoms with van der Waals surface area (Å²) in [6.45, 7) is 5.72. The van der Waals surface area contributed by atoms with E-state index in [1.165, 1.54) is 6.08 Å². The molecule has 0 aliphatic carbocycles. The van der Waals surface area contributed by atoms with Crippen LogP contribution in [0.25, 0.3) is 6.08 Å². The van der Waals surface area contributed by atoms with Crippen molar-refractivity contribution in [1.29, 1.82) is 5.26 Å². The Labute approximate surface area is 221 Å². The molecule has 0 heterocycles. The topological polar surface area (TPSA) is 91.2 Å². The van der Waals surface area contributed by atoms with E-state index in [1.807, 2.05) is 63.2 Å². The molecular weight excluding hydrogens is 574 g/mol. The molecule has 0 bridgehead atoms. The lowest BCUT2D eigenvalue weighted by Gasteiger charge is -2.12. The molecule has 3 rings (SSSR count). The number of amides is 2. The number of hydrogen-bond acceptors (Lipinski definition) is 4. The number of ether oxygens (including phenoxy) is 1. The van der Waals surface area contributed by atoms with E-state index < -0.39 is 5.91 Å². The van der Waals surface area contributed by atoms with Gasteiger partial charge in [-0.3, -0.25) is 9.59 Å². The molecule has 6 nitrogen and oxygen atoms in total. The molecule has 178 valence electrons. The zero-order valence-electron chi connectivity index (χ0n) is 19.4. The summed E-state index contributed by atoms with van der Waals surface area (Å²) in [6.07, 6.45) is 1.48. The molecule has 0 aliphatic rings. The van der Waals surface area contributed by atoms with Crippen LogP contribution in [0.1, 0.15) is 22.3 Å². The van der Waals surface area contributed by atoms with Crippen molar-refractivity contribution in [2.24, 2.45) is 0 Å². The van der Waals surface area contributed by atoms with Gasteiger partial charge in [0.25, 0.3) is 11.8 Å². The van der Waals surface area contributed by atoms with Crippen molar-refractivity contribution < 1.29 is 14.3 Å². The van der Waals surface area contributed by atoms with Gasteiger partial charge < -0.3 is 15.4 Å². The Balaban J connectivity index is 1.69. The molecule has 0 saturated carbocycles. The van der Waals surface area contributed by atoms with Crippen LogP contribution in [0.5, 0.6) is 5.75 Å². The summed E-state index contributed by atoms with van der Waals surface area (Å²) >= 11 is 6.89. The van der Waals surface area contributed by atoms with Gasteiger partial charge in [-0.25, -0.2) is 0 Å². The number of carbonyl (C=O) groups is 2. The number of aryl methyl sites for hydroxylation is 3. The molecule has 0 aromatic heterocycles. The Hall–Kier alpha value is -3.41. The van der Waals surface area contributed by atoms with Crippen molar-refractivity contribution in [2.45, 2.75) is 20.8 Å². The third-order valence-electron chi connectivity index (χ3n) is 5.11. The highest BCUT2D eigenvalue weighted by molar-refractivity contribution is 9.11. The molecule has 3 aromatic rings. The van der Waals surface area contributed by atoms with Crippen molar-refractivity contribution in [1.82, 2.24) is 0 Å². The molecule has 0 unspecified atom stereocenters. The lowest BCUT2D eigenvalue weighted by atomic mass is 10.1. The number of benzene rings is 3. The lowest BCUT2D eigenvalue weighted by molar-refractivity contribution is -0.118. The maximum absolute atomic E-state index is 12.6. The minimum atomic E-state index is -0.506. The number of nitrogens with one attached hydrogen (secondary N) is 2. The van der Waals surface area contributed by atoms with Crippen LogP contribution < -0.4 is 15.4 Å². The average Bonchev–Trinajstić information content (AvgIpc) is 2.79. The van der Waals surface area contributed by atoms with Crippen LogP contribution in [0.15, 0.2) is 69.1 Å². The van der Waals surface area contributed by atoms with Crippen LogP contribution >= 0.6 is 31.9 Å². The summed E-state index contributed by atoms with van der Waals surface area (Å²) in [5.41, 5.74) is 5.10. The zero-order chi connectivity index (χ0) is 25.5. The zero-order valence-corrected chi connectivity index (χ0v) is 22.6. The molecule has 35 heavy (non-hydrogen) atoms. The first-order valence-electron chi connectivity index (χ1n) is 10.6. The first-order valence-corrected chi connectivity index (χ1v) is 12.2. The molecule has 2 N–H and O–H groups in total. The number of nitriles is 1. The fourth-order valence-corrected chi connectivity index (χ4v) is 4.64. The molecule has 0 fully saturated rings. The van der Waals surface area contributed by atoms with Gasteiger partial charge in [0.05, 0.1) is 8.95 Å². The SMILES string of the molecule is Cc1cccc(NC(=O)/C(C#N)=C/c2cc(Br)c(OCC(=O)Nc3ccc(C)c(C)c3)c(Br)c2)c1. The van der Waals surface area contributed by atoms with Crippen LogP contribution in [0, 0.1) is 32.1 Å². The standard InChI is InChI=1S/C27H23Br2N3O3/c1-16-5-4-6-21(9-16)32-27(34)20(14-30)11-19-12-23(28)26(24(29)13-19)35-15-25(33)31-22-8-7-17(2)18(3)10-22/h4-13H,15H2,1-3H3,(H,31,33)(H,32,34)/b20-11+. The van der Waals surface area contributed by atoms with E-state index >= 15 is 0 Å². The first-order chi connectivity index (χ1) is 16.7. The number of carbonyl (C=O) groups excluding carboxylic acids is 2. The minimum Gasteiger partial charge on any atom is -0.481 e. The fraction of sp³-hybridized carbons (Fsp3) is 0.148. The van der Waals surface area contributed by atoms with Gasteiger partial charge >= 0.3 is 0 Å². The Morgan fingerprint density at radius 3 is 2.26 bits per heavy atom. The van der Waals surface area contributed by atoms with E-state index in [1.54, 1.807) is 18.2 Å². The van der Waals surface area contributed by atoms with Crippen molar-refractivity contribution in [2.75, 3.05) is 17.2 Å². The average molecular weight is 597 g/mol. The van der Waals surface area contributed by atoms with Gasteiger partial charge in [-0.2, -0.15) is 5.26 Å². The Bertz CT molecular complexity index is 1340. The molecule has 0 spiro atoms. The third-order valence-corrected chi connectivity index (χ3v) is 6.29. The minimum absolute atomic E-state index is 0.0493. The number of nitrogens with zero attached hydrogens (tertiary/aromatic N) is 1. The molecule has 2 amide bonds. The number of hydrogen-bond donors (Lipinski definition) is 2. The van der Waals surface area contributed by atoms with E-state index in [0.29, 0.717) is 31.6 Å². The number of rotatable bonds is 7. The second kappa shape index (κ2) is 11.8. The number of anilines is 2. The van der Waals surface area contributed by atoms with Gasteiger partial charge in [-0.05, 0) is 117 Å². The first kappa shape index (κ1) is 26.2. The van der Waals surface area contributed by atoms with Crippen molar-refractivity contribution in [3.05, 3.63) is 91.4 Å². The second-order valence-electron chi connectivity index (χ2n) is 7.94. The molecule has 0 saturated heterocycles. The Kier molecular flexibility index (Phi) is 8.85. The van der Waals surface area contributed by atoms with E-state index in [2.05, 4.69) is 42.5 Å². The van der Waals surface area contributed by atoms with Gasteiger partial charge in [0.15, 0.2) is 6.61 Å². The van der Waals surface area contributed by atoms with Crippen LogP contribution in [-0.4, -0.2) is 18.4 Å². The van der Waals surface area contributed by atoms with Crippen molar-refractivity contribution in [3.63, 3.8) is 0 Å². The van der Waals surface area contributed by atoms with Crippen LogP contribution in [0.4, 0.5) is 11.4 Å². The summed E-state index contributed by atoms with van der Waals surface area (Å²) in [5, 5.41) is 15.1. The van der Waals surface area contributed by atoms with Gasteiger partial charge in [0, 0.05) is 11.4 Å². The lowest BCUT2D eigenvalue weighted by Crippen LogP contribution is -2.20. The molecule has 0 aliphatic heterocycles. The largest absolute Gasteiger partial charge is 0.481 e. The van der Waals surface area contributed by atoms with Gasteiger partial charge in [-0.1, -0.05) is 18.2 Å². The summed E-state index contributed by atoms with van der Waals surface area (Å²) in [4.78, 5) is 24.9. The maximum atomic E-state index is 12.6. The van der Waals surface area contributed by atoms with Crippen molar-refractivity contribution in [3.8, 4) is 11.8 Å². The van der Waals surface area contributed by atoms with E-state index in [0.717, 1.165) is 16.7 Å². The highest BCUT2D eigenvalue weighted by Crippen LogP contribution is 2.35. The molecule has 0 atom stereocenters. The Morgan fingerprint density at radius 1 is 0.943 bits per heavy atom. The Morgan fingerprint density at radius 2 is 1.63 bits per heavy atom. The summed E-state index contributed by atoms with van der Waals surface area (Å²) in [5.74, 6) is -0.371. The smallest absolute Gasteiger partial charge is 0.266 e. The molecule has 0 radical (unpaired) electrons. The van der Waals surface area contributed by atoms with Crippen LogP contribution in [-0.2, 0) is 9.59 Å². The fourth-order valence-electron chi connectivity index (χ4n) is 3.19. The second-order valence-corrected chi connectivity index (χ2v) is 9.65. The van der Waals surface area contributed by atoms with Crippen LogP contribution in [0.2, 0.25) is 0 Å². The maximum Gasteiger partial charge on any atom is 0.266 e. The number of halogens is 2. The van der Waals surface area contributed by atoms with Crippen LogP contribution in [0.3, 0.4) is 0 Å². The molecular formula is C27H23Br2N3O3. The highest BCUT2D eigenvalue weighted by atomic mass is 79.9. The third kappa shape index (κ3) is 7.28. The van der Waals surface area contributed by atoms with E-state index in [4.69, 9.17) is 4.74 Å². The predicted octanol–water partition coefficient (Wildman–Crippen LogP) is 6.70. The van der Waals surface area contributed by atoms with Crippen molar-refractivity contribution >= 4 is 61.1 Å².